The molecule has 2 amide bonds. The molecule has 1 aromatic carbocycles. The Morgan fingerprint density at radius 3 is 2.36 bits per heavy atom. The van der Waals surface area contributed by atoms with Crippen molar-refractivity contribution in [2.45, 2.75) is 6.92 Å². The van der Waals surface area contributed by atoms with Crippen molar-refractivity contribution in [3.05, 3.63) is 29.8 Å². The summed E-state index contributed by atoms with van der Waals surface area (Å²) < 4.78 is 24.6. The first kappa shape index (κ1) is 16.0. The SMILES string of the molecule is C[C@@H]1CS(=O)(=O)N(c2ccc(C(=O)NCC(=O)O)cc2)C1=O. The highest BCUT2D eigenvalue weighted by atomic mass is 32.2. The standard InChI is InChI=1S/C13H14N2O6S/c1-8-7-22(20,21)15(13(8)19)10-4-2-9(3-5-10)12(18)14-6-11(16)17/h2-5,8H,6-7H2,1H3,(H,14,18)(H,16,17)/t8-/m1/s1. The minimum atomic E-state index is -3.69. The number of amides is 2. The first-order chi connectivity index (χ1) is 10.2. The quantitative estimate of drug-likeness (QED) is 0.791. The first-order valence-electron chi connectivity index (χ1n) is 6.39. The van der Waals surface area contributed by atoms with Gasteiger partial charge in [0.2, 0.25) is 15.9 Å². The molecule has 22 heavy (non-hydrogen) atoms. The van der Waals surface area contributed by atoms with Gasteiger partial charge < -0.3 is 10.4 Å². The van der Waals surface area contributed by atoms with E-state index in [0.717, 1.165) is 4.31 Å². The van der Waals surface area contributed by atoms with Crippen LogP contribution in [0.15, 0.2) is 24.3 Å². The Hall–Kier alpha value is -2.42. The lowest BCUT2D eigenvalue weighted by atomic mass is 10.1. The number of aliphatic carboxylic acids is 1. The summed E-state index contributed by atoms with van der Waals surface area (Å²) in [5, 5.41) is 10.7. The average Bonchev–Trinajstić information content (AvgIpc) is 2.64. The molecular weight excluding hydrogens is 312 g/mol. The maximum atomic E-state index is 11.9. The molecule has 0 unspecified atom stereocenters. The molecule has 1 fully saturated rings. The number of sulfonamides is 1. The second-order valence-corrected chi connectivity index (χ2v) is 6.77. The number of carboxylic acid groups (broad SMARTS) is 1. The van der Waals surface area contributed by atoms with E-state index in [1.165, 1.54) is 31.2 Å². The van der Waals surface area contributed by atoms with Gasteiger partial charge in [-0.3, -0.25) is 14.4 Å². The minimum Gasteiger partial charge on any atom is -0.480 e. The zero-order valence-electron chi connectivity index (χ0n) is 11.6. The second-order valence-electron chi connectivity index (χ2n) is 4.91. The number of benzene rings is 1. The summed E-state index contributed by atoms with van der Waals surface area (Å²) in [6.07, 6.45) is 0. The van der Waals surface area contributed by atoms with Gasteiger partial charge in [-0.1, -0.05) is 6.92 Å². The maximum Gasteiger partial charge on any atom is 0.322 e. The van der Waals surface area contributed by atoms with Crippen LogP contribution >= 0.6 is 0 Å². The van der Waals surface area contributed by atoms with Crippen LogP contribution in [-0.2, 0) is 19.6 Å². The lowest BCUT2D eigenvalue weighted by molar-refractivity contribution is -0.135. The molecular formula is C13H14N2O6S. The Morgan fingerprint density at radius 1 is 1.32 bits per heavy atom. The summed E-state index contributed by atoms with van der Waals surface area (Å²) in [4.78, 5) is 33.9. The van der Waals surface area contributed by atoms with E-state index in [1.807, 2.05) is 0 Å². The summed E-state index contributed by atoms with van der Waals surface area (Å²) in [6.45, 7) is 1.02. The van der Waals surface area contributed by atoms with Crippen LogP contribution in [0.2, 0.25) is 0 Å². The zero-order chi connectivity index (χ0) is 16.5. The monoisotopic (exact) mass is 326 g/mol. The predicted octanol–water partition coefficient (Wildman–Crippen LogP) is -0.187. The van der Waals surface area contributed by atoms with Crippen LogP contribution < -0.4 is 9.62 Å². The maximum absolute atomic E-state index is 11.9. The molecule has 0 bridgehead atoms. The number of carbonyl (C=O) groups is 3. The van der Waals surface area contributed by atoms with Gasteiger partial charge in [-0.2, -0.15) is 0 Å². The number of rotatable bonds is 4. The molecule has 9 heteroatoms. The van der Waals surface area contributed by atoms with Crippen molar-refractivity contribution < 1.29 is 27.9 Å². The van der Waals surface area contributed by atoms with Crippen LogP contribution in [0.3, 0.4) is 0 Å². The van der Waals surface area contributed by atoms with Gasteiger partial charge in [0.05, 0.1) is 17.4 Å². The molecule has 1 aliphatic heterocycles. The molecule has 118 valence electrons. The van der Waals surface area contributed by atoms with Crippen molar-refractivity contribution in [2.24, 2.45) is 5.92 Å². The van der Waals surface area contributed by atoms with Crippen LogP contribution in [0.25, 0.3) is 0 Å². The number of hydrogen-bond acceptors (Lipinski definition) is 5. The predicted molar refractivity (Wildman–Crippen MR) is 76.8 cm³/mol. The number of carboxylic acids is 1. The summed E-state index contributed by atoms with van der Waals surface area (Å²) in [5.41, 5.74) is 0.325. The largest absolute Gasteiger partial charge is 0.480 e. The van der Waals surface area contributed by atoms with Gasteiger partial charge in [0.25, 0.3) is 5.91 Å². The van der Waals surface area contributed by atoms with Crippen molar-refractivity contribution in [1.82, 2.24) is 5.32 Å². The molecule has 2 N–H and O–H groups in total. The van der Waals surface area contributed by atoms with Gasteiger partial charge in [0, 0.05) is 5.56 Å². The van der Waals surface area contributed by atoms with E-state index >= 15 is 0 Å². The third kappa shape index (κ3) is 3.08. The molecule has 0 saturated carbocycles. The number of anilines is 1. The highest BCUT2D eigenvalue weighted by Gasteiger charge is 2.41. The van der Waals surface area contributed by atoms with Crippen molar-refractivity contribution in [2.75, 3.05) is 16.6 Å². The molecule has 2 rings (SSSR count). The molecule has 1 atom stereocenters. The first-order valence-corrected chi connectivity index (χ1v) is 8.00. The molecule has 1 heterocycles. The number of nitrogens with one attached hydrogen (secondary N) is 1. The van der Waals surface area contributed by atoms with E-state index in [0.29, 0.717) is 0 Å². The smallest absolute Gasteiger partial charge is 0.322 e. The van der Waals surface area contributed by atoms with Gasteiger partial charge in [0.15, 0.2) is 0 Å². The third-order valence-electron chi connectivity index (χ3n) is 3.12. The van der Waals surface area contributed by atoms with E-state index in [9.17, 15) is 22.8 Å². The lowest BCUT2D eigenvalue weighted by Crippen LogP contribution is -2.31. The van der Waals surface area contributed by atoms with Crippen molar-refractivity contribution >= 4 is 33.5 Å². The van der Waals surface area contributed by atoms with Crippen LogP contribution in [0, 0.1) is 5.92 Å². The number of nitrogens with zero attached hydrogens (tertiary/aromatic N) is 1. The Balaban J connectivity index is 2.21. The van der Waals surface area contributed by atoms with Crippen LogP contribution in [0.4, 0.5) is 5.69 Å². The van der Waals surface area contributed by atoms with Crippen LogP contribution in [0.1, 0.15) is 17.3 Å². The van der Waals surface area contributed by atoms with Crippen LogP contribution in [0.5, 0.6) is 0 Å². The fraction of sp³-hybridized carbons (Fsp3) is 0.308. The molecule has 8 nitrogen and oxygen atoms in total. The Bertz CT molecular complexity index is 725. The Morgan fingerprint density at radius 2 is 1.91 bits per heavy atom. The molecule has 1 aliphatic rings. The van der Waals surface area contributed by atoms with E-state index in [-0.39, 0.29) is 17.0 Å². The number of carbonyl (C=O) groups excluding carboxylic acids is 2. The van der Waals surface area contributed by atoms with Gasteiger partial charge in [0.1, 0.15) is 6.54 Å². The van der Waals surface area contributed by atoms with Crippen molar-refractivity contribution in [3.63, 3.8) is 0 Å². The van der Waals surface area contributed by atoms with Gasteiger partial charge in [-0.25, -0.2) is 12.7 Å². The molecule has 1 saturated heterocycles. The third-order valence-corrected chi connectivity index (χ3v) is 4.99. The lowest BCUT2D eigenvalue weighted by Gasteiger charge is -2.15. The summed E-state index contributed by atoms with van der Waals surface area (Å²) >= 11 is 0. The molecule has 0 spiro atoms. The summed E-state index contributed by atoms with van der Waals surface area (Å²) in [5.74, 6) is -3.13. The van der Waals surface area contributed by atoms with E-state index in [2.05, 4.69) is 5.32 Å². The van der Waals surface area contributed by atoms with Crippen molar-refractivity contribution in [3.8, 4) is 0 Å². The van der Waals surface area contributed by atoms with Crippen LogP contribution in [-0.4, -0.2) is 43.6 Å². The second kappa shape index (κ2) is 5.76. The summed E-state index contributed by atoms with van der Waals surface area (Å²) in [6, 6.07) is 5.34. The Labute approximate surface area is 126 Å². The van der Waals surface area contributed by atoms with Gasteiger partial charge in [-0.15, -0.1) is 0 Å². The number of hydrogen-bond donors (Lipinski definition) is 2. The highest BCUT2D eigenvalue weighted by molar-refractivity contribution is 7.94. The Kier molecular flexibility index (Phi) is 4.18. The fourth-order valence-corrected chi connectivity index (χ4v) is 3.91. The van der Waals surface area contributed by atoms with Gasteiger partial charge >= 0.3 is 5.97 Å². The highest BCUT2D eigenvalue weighted by Crippen LogP contribution is 2.28. The fourth-order valence-electron chi connectivity index (χ4n) is 2.09. The average molecular weight is 326 g/mol. The molecule has 0 radical (unpaired) electrons. The normalized spacial score (nSPS) is 20.0. The minimum absolute atomic E-state index is 0.157. The van der Waals surface area contributed by atoms with Crippen molar-refractivity contribution in [1.29, 1.82) is 0 Å². The molecule has 0 aliphatic carbocycles. The van der Waals surface area contributed by atoms with Gasteiger partial charge in [-0.05, 0) is 24.3 Å². The van der Waals surface area contributed by atoms with E-state index in [1.54, 1.807) is 0 Å². The zero-order valence-corrected chi connectivity index (χ0v) is 12.5. The van der Waals surface area contributed by atoms with E-state index < -0.39 is 40.3 Å². The molecule has 1 aromatic rings. The summed E-state index contributed by atoms with van der Waals surface area (Å²) in [7, 11) is -3.69. The van der Waals surface area contributed by atoms with E-state index in [4.69, 9.17) is 5.11 Å². The molecule has 0 aromatic heterocycles. The topological polar surface area (TPSA) is 121 Å².